The quantitative estimate of drug-likeness (QED) is 0.0265. The monoisotopic (exact) mass is 1690 g/mol. The Balaban J connectivity index is 0.977. The van der Waals surface area contributed by atoms with Gasteiger partial charge in [-0.25, -0.2) is 33.6 Å². The Hall–Kier alpha value is -9.02. The van der Waals surface area contributed by atoms with E-state index in [4.69, 9.17) is 177 Å². The highest BCUT2D eigenvalue weighted by molar-refractivity contribution is 6.32. The van der Waals surface area contributed by atoms with E-state index in [1.54, 1.807) is 0 Å². The summed E-state index contributed by atoms with van der Waals surface area (Å²) < 4.78 is 82.7. The number of amides is 7. The number of hydrogen-bond acceptors (Lipinski definition) is 26. The molecule has 0 aromatic heterocycles. The van der Waals surface area contributed by atoms with Crippen LogP contribution in [0.1, 0.15) is 6.42 Å². The molecule has 1 aliphatic carbocycles. The molecule has 112 heavy (non-hydrogen) atoms. The van der Waals surface area contributed by atoms with Crippen molar-refractivity contribution in [1.82, 2.24) is 0 Å². The van der Waals surface area contributed by atoms with Crippen LogP contribution < -0.4 is 71.6 Å². The van der Waals surface area contributed by atoms with Crippen LogP contribution in [0, 0.1) is 0 Å². The van der Waals surface area contributed by atoms with Gasteiger partial charge in [-0.05, 0) is 176 Å². The Morgan fingerprint density at radius 1 is 0.295 bits per heavy atom. The second-order valence-electron chi connectivity index (χ2n) is 25.4. The minimum Gasteiger partial charge on any atom is -0.446 e. The van der Waals surface area contributed by atoms with Crippen molar-refractivity contribution in [2.75, 3.05) is 56.9 Å². The van der Waals surface area contributed by atoms with Crippen LogP contribution in [0.4, 0.5) is 73.4 Å². The highest BCUT2D eigenvalue weighted by atomic mass is 35.5. The number of anilines is 7. The van der Waals surface area contributed by atoms with E-state index in [1.165, 1.54) is 170 Å². The highest BCUT2D eigenvalue weighted by Crippen LogP contribution is 2.39. The number of hydrogen-bond donors (Lipinski definition) is 13. The lowest BCUT2D eigenvalue weighted by atomic mass is 9.84. The summed E-state index contributed by atoms with van der Waals surface area (Å²) in [5, 5.41) is 20.4. The first-order chi connectivity index (χ1) is 53.7. The topological polar surface area (TPSA) is 480 Å². The third kappa shape index (κ3) is 22.9. The van der Waals surface area contributed by atoms with Gasteiger partial charge in [-0.1, -0.05) is 81.2 Å². The molecule has 0 unspecified atom stereocenters. The third-order valence-electron chi connectivity index (χ3n) is 17.5. The maximum absolute atomic E-state index is 14.8. The third-order valence-corrected chi connectivity index (χ3v) is 19.3. The summed E-state index contributed by atoms with van der Waals surface area (Å²) in [6, 6.07) is 35.5. The smallest absolute Gasteiger partial charge is 0.412 e. The predicted molar refractivity (Wildman–Crippen MR) is 414 cm³/mol. The lowest BCUT2D eigenvalue weighted by molar-refractivity contribution is -0.305. The predicted octanol–water partition coefficient (Wildman–Crippen LogP) is 11.5. The van der Waals surface area contributed by atoms with Gasteiger partial charge in [-0.15, -0.1) is 0 Å². The van der Waals surface area contributed by atoms with Crippen molar-refractivity contribution in [3.63, 3.8) is 0 Å². The van der Waals surface area contributed by atoms with Crippen LogP contribution in [0.15, 0.2) is 170 Å². The van der Waals surface area contributed by atoms with Crippen LogP contribution in [0.3, 0.4) is 0 Å². The number of halogens is 7. The van der Waals surface area contributed by atoms with Crippen LogP contribution in [-0.2, 0) is 61.6 Å². The number of nitrogens with one attached hydrogen (secondary N) is 7. The summed E-state index contributed by atoms with van der Waals surface area (Å²) in [5.41, 5.74) is 42.6. The van der Waals surface area contributed by atoms with E-state index in [2.05, 4.69) is 37.2 Å². The van der Waals surface area contributed by atoms with Crippen LogP contribution in [0.25, 0.3) is 0 Å². The molecular weight excluding hydrogens is 1620 g/mol. The van der Waals surface area contributed by atoms with Gasteiger partial charge < -0.3 is 96.0 Å². The maximum atomic E-state index is 14.8. The van der Waals surface area contributed by atoms with Crippen molar-refractivity contribution in [2.45, 2.75) is 123 Å². The molecule has 33 nitrogen and oxygen atoms in total. The van der Waals surface area contributed by atoms with Gasteiger partial charge in [0.05, 0.1) is 12.1 Å². The van der Waals surface area contributed by atoms with E-state index < -0.39 is 179 Å². The zero-order chi connectivity index (χ0) is 79.9. The Labute approximate surface area is 673 Å². The molecule has 11 rings (SSSR count). The fraction of sp³-hybridized carbons (Fsp3) is 0.319. The molecule has 3 saturated heterocycles. The number of carbonyl (C=O) groups excluding carboxylic acids is 7. The van der Waals surface area contributed by atoms with Crippen LogP contribution >= 0.6 is 81.2 Å². The Kier molecular flexibility index (Phi) is 29.3. The first-order valence-corrected chi connectivity index (χ1v) is 36.8. The van der Waals surface area contributed by atoms with E-state index in [0.29, 0.717) is 30.1 Å². The molecule has 1 saturated carbocycles. The van der Waals surface area contributed by atoms with Crippen molar-refractivity contribution >= 4 is 164 Å². The van der Waals surface area contributed by atoms with Gasteiger partial charge in [0, 0.05) is 100 Å². The summed E-state index contributed by atoms with van der Waals surface area (Å²) in [5.74, 6) is 0. The average molecular weight is 1690 g/mol. The summed E-state index contributed by atoms with van der Waals surface area (Å²) in [6.45, 7) is -1.82. The SMILES string of the molecule is NC[C@@H]1O[C@H](O[C@H]2[C@@H](OC(=O)Nc3ccc(Cl)cc3)[C@H](O[C@@H]3[C@@H](OC(=O)Nc4ccc(Cl)cc4)[C@H](N)C[C@H](N)[C@H]3O[C@H]3O[C@H](CN)[C@@H](OC(=O)Nc4ccc(Cl)cc4)[C@H](OC(=O)Nc4ccc(Cl)cc4)[C@H]3N)O[C@@H]2COC(=O)Nc2ccc(Cl)cc2)[C@H](N)[C@@H](OC(=O)Nc2ccc(Cl)cc2)[C@@H]1OC(=O)Nc1ccc(Cl)cc1. The fourth-order valence-electron chi connectivity index (χ4n) is 12.2. The normalized spacial score (nSPS) is 26.7. The Morgan fingerprint density at radius 2 is 0.536 bits per heavy atom. The number of rotatable bonds is 23. The van der Waals surface area contributed by atoms with E-state index in [9.17, 15) is 33.6 Å². The largest absolute Gasteiger partial charge is 0.446 e. The van der Waals surface area contributed by atoms with Crippen LogP contribution in [-0.4, -0.2) is 179 Å². The number of benzene rings is 7. The minimum atomic E-state index is -2.08. The molecule has 3 heterocycles. The van der Waals surface area contributed by atoms with Gasteiger partial charge in [0.25, 0.3) is 0 Å². The van der Waals surface area contributed by atoms with E-state index in [1.807, 2.05) is 0 Å². The molecule has 596 valence electrons. The molecule has 19 atom stereocenters. The van der Waals surface area contributed by atoms with Crippen molar-refractivity contribution in [3.05, 3.63) is 205 Å². The van der Waals surface area contributed by atoms with Gasteiger partial charge in [0.15, 0.2) is 49.4 Å². The molecule has 3 aliphatic heterocycles. The highest BCUT2D eigenvalue weighted by Gasteiger charge is 2.59. The molecule has 4 aliphatic rings. The average Bonchev–Trinajstić information content (AvgIpc) is 1.48. The summed E-state index contributed by atoms with van der Waals surface area (Å²) in [6.07, 6.45) is -34.5. The maximum Gasteiger partial charge on any atom is 0.412 e. The van der Waals surface area contributed by atoms with Gasteiger partial charge in [-0.2, -0.15) is 0 Å². The standard InChI is InChI=1S/C72H74Cl7N13O20/c73-33-1-15-40(16-2-33)86-66(93)100-32-51-58(105-64-53(85)60(111-71(98)91-45-25-11-38(78)12-26-45)57(50(31-81)102-64)109-69(96)89-43-21-7-36(76)8-22-43)62(112-72(99)92-46-27-13-39(79)14-28-46)65(103-51)106-61-54(47(82)29-48(83)55(61)107-67(94)87-41-17-3-34(74)4-18-41)104-63-52(84)59(110-70(97)90-44-23-9-37(77)10-24-44)56(49(30-80)101-63)108-68(95)88-42-19-5-35(75)6-20-42/h1-28,47-65H,29-32,80-85H2,(H,86,93)(H,87,94)(H,88,95)(H,89,96)(H,90,97)(H,91,98)(H,92,99)/t47-,48+,49+,50-,51+,52+,53+,54+,55-,56+,57+,58+,59+,60+,61-,62+,63+,64+,65-/m0/s1. The summed E-state index contributed by atoms with van der Waals surface area (Å²) >= 11 is 43.2. The number of nitrogens with two attached hydrogens (primary N) is 6. The number of carbonyl (C=O) groups is 7. The molecule has 0 radical (unpaired) electrons. The molecule has 7 amide bonds. The van der Waals surface area contributed by atoms with Gasteiger partial charge in [0.1, 0.15) is 49.3 Å². The van der Waals surface area contributed by atoms with Gasteiger partial charge >= 0.3 is 42.7 Å². The second kappa shape index (κ2) is 39.1. The lowest BCUT2D eigenvalue weighted by Crippen LogP contribution is -2.69. The zero-order valence-corrected chi connectivity index (χ0v) is 63.5. The van der Waals surface area contributed by atoms with Crippen LogP contribution in [0.2, 0.25) is 35.2 Å². The van der Waals surface area contributed by atoms with Gasteiger partial charge in [-0.3, -0.25) is 37.2 Å². The Bertz CT molecular complexity index is 4360. The molecule has 7 aromatic carbocycles. The Morgan fingerprint density at radius 3 is 0.839 bits per heavy atom. The fourth-order valence-corrected chi connectivity index (χ4v) is 13.0. The first-order valence-electron chi connectivity index (χ1n) is 34.2. The van der Waals surface area contributed by atoms with Gasteiger partial charge in [0.2, 0.25) is 0 Å². The van der Waals surface area contributed by atoms with Crippen molar-refractivity contribution in [1.29, 1.82) is 0 Å². The molecule has 40 heteroatoms. The summed E-state index contributed by atoms with van der Waals surface area (Å²) in [4.78, 5) is 99.0. The molecule has 0 spiro atoms. The molecular formula is C72H74Cl7N13O20. The molecule has 0 bridgehead atoms. The minimum absolute atomic E-state index is 0.130. The van der Waals surface area contributed by atoms with Crippen molar-refractivity contribution in [2.24, 2.45) is 34.4 Å². The molecule has 19 N–H and O–H groups in total. The van der Waals surface area contributed by atoms with E-state index >= 15 is 0 Å². The zero-order valence-electron chi connectivity index (χ0n) is 58.2. The summed E-state index contributed by atoms with van der Waals surface area (Å²) in [7, 11) is 0. The molecule has 4 fully saturated rings. The molecule has 7 aromatic rings. The first kappa shape index (κ1) is 83.9. The van der Waals surface area contributed by atoms with E-state index in [0.717, 1.165) is 0 Å². The second-order valence-corrected chi connectivity index (χ2v) is 28.4. The lowest BCUT2D eigenvalue weighted by Gasteiger charge is -2.48. The number of ether oxygens (including phenoxy) is 13. The van der Waals surface area contributed by atoms with E-state index in [-0.39, 0.29) is 51.3 Å². The van der Waals surface area contributed by atoms with Crippen molar-refractivity contribution in [3.8, 4) is 0 Å². The van der Waals surface area contributed by atoms with Crippen LogP contribution in [0.5, 0.6) is 0 Å². The van der Waals surface area contributed by atoms with Crippen molar-refractivity contribution < 1.29 is 95.1 Å².